The van der Waals surface area contributed by atoms with Crippen molar-refractivity contribution in [3.8, 4) is 0 Å². The minimum absolute atomic E-state index is 0.156. The van der Waals surface area contributed by atoms with Gasteiger partial charge < -0.3 is 4.90 Å². The second-order valence-corrected chi connectivity index (χ2v) is 5.43. The molecule has 0 radical (unpaired) electrons. The third-order valence-corrected chi connectivity index (χ3v) is 3.72. The minimum Gasteiger partial charge on any atom is -0.342 e. The number of hydrogen-bond acceptors (Lipinski definition) is 1. The number of rotatable bonds is 3. The molecule has 1 aliphatic rings. The highest BCUT2D eigenvalue weighted by atomic mass is 35.5. The SMILES string of the molecule is O=C(CCC(F)(F)F)N1CCC(c2cccc(Cl)c2)C1. The highest BCUT2D eigenvalue weighted by Crippen LogP contribution is 2.30. The molecule has 110 valence electrons. The van der Waals surface area contributed by atoms with Crippen LogP contribution in [0.5, 0.6) is 0 Å². The summed E-state index contributed by atoms with van der Waals surface area (Å²) in [5.74, 6) is -0.268. The van der Waals surface area contributed by atoms with Crippen LogP contribution in [-0.2, 0) is 4.79 Å². The average molecular weight is 306 g/mol. The van der Waals surface area contributed by atoms with Gasteiger partial charge in [0.2, 0.25) is 5.91 Å². The Morgan fingerprint density at radius 3 is 2.80 bits per heavy atom. The van der Waals surface area contributed by atoms with Gasteiger partial charge in [0, 0.05) is 30.5 Å². The zero-order chi connectivity index (χ0) is 14.8. The van der Waals surface area contributed by atoms with E-state index >= 15 is 0 Å². The Balaban J connectivity index is 1.90. The molecule has 1 aromatic rings. The molecule has 1 unspecified atom stereocenters. The summed E-state index contributed by atoms with van der Waals surface area (Å²) in [5.41, 5.74) is 1.03. The summed E-state index contributed by atoms with van der Waals surface area (Å²) < 4.78 is 36.3. The van der Waals surface area contributed by atoms with Crippen LogP contribution in [-0.4, -0.2) is 30.1 Å². The topological polar surface area (TPSA) is 20.3 Å². The zero-order valence-corrected chi connectivity index (χ0v) is 11.5. The van der Waals surface area contributed by atoms with E-state index in [1.54, 1.807) is 6.07 Å². The highest BCUT2D eigenvalue weighted by Gasteiger charge is 2.32. The molecular weight excluding hydrogens is 291 g/mol. The molecule has 1 fully saturated rings. The molecule has 1 aliphatic heterocycles. The van der Waals surface area contributed by atoms with Crippen molar-refractivity contribution in [1.82, 2.24) is 4.90 Å². The van der Waals surface area contributed by atoms with Gasteiger partial charge in [-0.15, -0.1) is 0 Å². The molecule has 20 heavy (non-hydrogen) atoms. The van der Waals surface area contributed by atoms with Crippen LogP contribution in [0.25, 0.3) is 0 Å². The van der Waals surface area contributed by atoms with Crippen LogP contribution in [0.2, 0.25) is 5.02 Å². The third kappa shape index (κ3) is 4.13. The highest BCUT2D eigenvalue weighted by molar-refractivity contribution is 6.30. The number of benzene rings is 1. The maximum absolute atomic E-state index is 12.1. The number of hydrogen-bond donors (Lipinski definition) is 0. The van der Waals surface area contributed by atoms with Gasteiger partial charge in [-0.1, -0.05) is 23.7 Å². The van der Waals surface area contributed by atoms with Crippen molar-refractivity contribution < 1.29 is 18.0 Å². The maximum Gasteiger partial charge on any atom is 0.389 e. The monoisotopic (exact) mass is 305 g/mol. The molecule has 6 heteroatoms. The quantitative estimate of drug-likeness (QED) is 0.826. The van der Waals surface area contributed by atoms with E-state index in [-0.39, 0.29) is 5.92 Å². The standard InChI is InChI=1S/C14H15ClF3NO/c15-12-3-1-2-10(8-12)11-5-7-19(9-11)13(20)4-6-14(16,17)18/h1-3,8,11H,4-7,9H2. The Morgan fingerprint density at radius 1 is 1.40 bits per heavy atom. The molecule has 2 nitrogen and oxygen atoms in total. The van der Waals surface area contributed by atoms with Gasteiger partial charge in [-0.05, 0) is 24.1 Å². The summed E-state index contributed by atoms with van der Waals surface area (Å²) in [6.45, 7) is 0.977. The van der Waals surface area contributed by atoms with E-state index < -0.39 is 24.9 Å². The van der Waals surface area contributed by atoms with Crippen molar-refractivity contribution in [3.63, 3.8) is 0 Å². The lowest BCUT2D eigenvalue weighted by atomic mass is 9.99. The van der Waals surface area contributed by atoms with Crippen LogP contribution >= 0.6 is 11.6 Å². The normalized spacial score (nSPS) is 19.4. The van der Waals surface area contributed by atoms with Crippen molar-refractivity contribution in [2.24, 2.45) is 0 Å². The van der Waals surface area contributed by atoms with Crippen LogP contribution in [0, 0.1) is 0 Å². The van der Waals surface area contributed by atoms with Crippen molar-refractivity contribution in [1.29, 1.82) is 0 Å². The molecule has 0 N–H and O–H groups in total. The second kappa shape index (κ2) is 6.04. The first kappa shape index (κ1) is 15.2. The van der Waals surface area contributed by atoms with E-state index in [1.165, 1.54) is 4.90 Å². The molecule has 0 aromatic heterocycles. The van der Waals surface area contributed by atoms with Gasteiger partial charge in [0.05, 0.1) is 6.42 Å². The summed E-state index contributed by atoms with van der Waals surface area (Å²) in [6.07, 6.45) is -5.03. The maximum atomic E-state index is 12.1. The molecule has 0 saturated carbocycles. The molecule has 1 aromatic carbocycles. The van der Waals surface area contributed by atoms with Crippen LogP contribution in [0.4, 0.5) is 13.2 Å². The number of carbonyl (C=O) groups excluding carboxylic acids is 1. The second-order valence-electron chi connectivity index (χ2n) is 5.00. The molecule has 1 saturated heterocycles. The molecule has 1 heterocycles. The fourth-order valence-corrected chi connectivity index (χ4v) is 2.62. The summed E-state index contributed by atoms with van der Waals surface area (Å²) in [7, 11) is 0. The fourth-order valence-electron chi connectivity index (χ4n) is 2.43. The van der Waals surface area contributed by atoms with Gasteiger partial charge in [-0.2, -0.15) is 13.2 Å². The number of halogens is 4. The van der Waals surface area contributed by atoms with Crippen molar-refractivity contribution in [3.05, 3.63) is 34.9 Å². The van der Waals surface area contributed by atoms with Gasteiger partial charge in [-0.25, -0.2) is 0 Å². The van der Waals surface area contributed by atoms with E-state index in [2.05, 4.69) is 0 Å². The Labute approximate surface area is 120 Å². The predicted octanol–water partition coefficient (Wildman–Crippen LogP) is 4.00. The van der Waals surface area contributed by atoms with E-state index in [1.807, 2.05) is 18.2 Å². The Kier molecular flexibility index (Phi) is 4.58. The minimum atomic E-state index is -4.28. The van der Waals surface area contributed by atoms with E-state index in [9.17, 15) is 18.0 Å². The van der Waals surface area contributed by atoms with Crippen LogP contribution < -0.4 is 0 Å². The lowest BCUT2D eigenvalue weighted by Gasteiger charge is -2.17. The van der Waals surface area contributed by atoms with Crippen molar-refractivity contribution >= 4 is 17.5 Å². The largest absolute Gasteiger partial charge is 0.389 e. The summed E-state index contributed by atoms with van der Waals surface area (Å²) in [5, 5.41) is 0.629. The molecule has 0 bridgehead atoms. The van der Waals surface area contributed by atoms with Crippen LogP contribution in [0.15, 0.2) is 24.3 Å². The molecule has 0 spiro atoms. The first-order valence-corrected chi connectivity index (χ1v) is 6.83. The van der Waals surface area contributed by atoms with E-state index in [0.717, 1.165) is 12.0 Å². The first-order valence-electron chi connectivity index (χ1n) is 6.45. The Morgan fingerprint density at radius 2 is 2.15 bits per heavy atom. The number of amides is 1. The predicted molar refractivity (Wildman–Crippen MR) is 70.7 cm³/mol. The smallest absolute Gasteiger partial charge is 0.342 e. The van der Waals surface area contributed by atoms with E-state index in [0.29, 0.717) is 18.1 Å². The summed E-state index contributed by atoms with van der Waals surface area (Å²) in [6, 6.07) is 7.38. The zero-order valence-electron chi connectivity index (χ0n) is 10.8. The van der Waals surface area contributed by atoms with Crippen molar-refractivity contribution in [2.75, 3.05) is 13.1 Å². The van der Waals surface area contributed by atoms with Crippen LogP contribution in [0.3, 0.4) is 0 Å². The van der Waals surface area contributed by atoms with Crippen LogP contribution in [0.1, 0.15) is 30.7 Å². The van der Waals surface area contributed by atoms with Gasteiger partial charge >= 0.3 is 6.18 Å². The van der Waals surface area contributed by atoms with Crippen molar-refractivity contribution in [2.45, 2.75) is 31.4 Å². The molecule has 2 rings (SSSR count). The number of nitrogens with zero attached hydrogens (tertiary/aromatic N) is 1. The lowest BCUT2D eigenvalue weighted by Crippen LogP contribution is -2.29. The first-order chi connectivity index (χ1) is 9.35. The van der Waals surface area contributed by atoms with Gasteiger partial charge in [0.25, 0.3) is 0 Å². The molecule has 1 amide bonds. The summed E-state index contributed by atoms with van der Waals surface area (Å²) >= 11 is 5.92. The molecule has 1 atom stereocenters. The van der Waals surface area contributed by atoms with E-state index in [4.69, 9.17) is 11.6 Å². The lowest BCUT2D eigenvalue weighted by molar-refractivity contribution is -0.148. The van der Waals surface area contributed by atoms with Gasteiger partial charge in [0.15, 0.2) is 0 Å². The molecular formula is C14H15ClF3NO. The third-order valence-electron chi connectivity index (χ3n) is 3.48. The van der Waals surface area contributed by atoms with Gasteiger partial charge in [0.1, 0.15) is 0 Å². The number of alkyl halides is 3. The number of likely N-dealkylation sites (tertiary alicyclic amines) is 1. The Hall–Kier alpha value is -1.23. The van der Waals surface area contributed by atoms with Gasteiger partial charge in [-0.3, -0.25) is 4.79 Å². The Bertz CT molecular complexity index is 490. The average Bonchev–Trinajstić information content (AvgIpc) is 2.84. The fraction of sp³-hybridized carbons (Fsp3) is 0.500. The molecule has 0 aliphatic carbocycles. The number of carbonyl (C=O) groups is 1. The summed E-state index contributed by atoms with van der Waals surface area (Å²) in [4.78, 5) is 13.2.